The van der Waals surface area contributed by atoms with Gasteiger partial charge in [-0.05, 0) is 29.8 Å². The van der Waals surface area contributed by atoms with Crippen LogP contribution in [0.15, 0.2) is 71.7 Å². The zero-order valence-corrected chi connectivity index (χ0v) is 17.1. The lowest BCUT2D eigenvalue weighted by molar-refractivity contribution is 0.0942. The first kappa shape index (κ1) is 20.3. The molecule has 2 heterocycles. The highest BCUT2D eigenvalue weighted by Gasteiger charge is 2.22. The minimum atomic E-state index is -0.435. The van der Waals surface area contributed by atoms with E-state index in [1.54, 1.807) is 31.4 Å². The van der Waals surface area contributed by atoms with Crippen molar-refractivity contribution in [2.45, 2.75) is 6.54 Å². The molecule has 7 heteroatoms. The number of benzene rings is 2. The smallest absolute Gasteiger partial charge is 0.277 e. The van der Waals surface area contributed by atoms with Gasteiger partial charge < -0.3 is 14.6 Å². The largest absolute Gasteiger partial charge is 0.496 e. The number of pyridine rings is 2. The summed E-state index contributed by atoms with van der Waals surface area (Å²) in [5.41, 5.74) is 1.95. The minimum absolute atomic E-state index is 0.173. The molecular formula is C24H20FN3O3. The highest BCUT2D eigenvalue weighted by Crippen LogP contribution is 2.30. The van der Waals surface area contributed by atoms with Crippen LogP contribution in [0.3, 0.4) is 0 Å². The van der Waals surface area contributed by atoms with E-state index in [0.29, 0.717) is 22.3 Å². The van der Waals surface area contributed by atoms with Crippen molar-refractivity contribution in [1.82, 2.24) is 14.9 Å². The number of methoxy groups -OCH3 is 1. The van der Waals surface area contributed by atoms with Crippen molar-refractivity contribution in [3.8, 4) is 16.9 Å². The van der Waals surface area contributed by atoms with Crippen LogP contribution in [-0.2, 0) is 13.6 Å². The third-order valence-electron chi connectivity index (χ3n) is 5.14. The Morgan fingerprint density at radius 3 is 2.58 bits per heavy atom. The maximum atomic E-state index is 13.5. The fourth-order valence-electron chi connectivity index (χ4n) is 3.62. The molecular weight excluding hydrogens is 397 g/mol. The van der Waals surface area contributed by atoms with Crippen LogP contribution in [0.2, 0.25) is 0 Å². The molecule has 0 saturated carbocycles. The van der Waals surface area contributed by atoms with E-state index in [-0.39, 0.29) is 23.3 Å². The Morgan fingerprint density at radius 1 is 1.10 bits per heavy atom. The number of hydrogen-bond acceptors (Lipinski definition) is 4. The van der Waals surface area contributed by atoms with Crippen LogP contribution in [0, 0.1) is 5.82 Å². The Morgan fingerprint density at radius 2 is 1.84 bits per heavy atom. The van der Waals surface area contributed by atoms with Crippen molar-refractivity contribution in [1.29, 1.82) is 0 Å². The van der Waals surface area contributed by atoms with E-state index in [9.17, 15) is 14.0 Å². The molecule has 2 aromatic carbocycles. The molecule has 0 bridgehead atoms. The topological polar surface area (TPSA) is 73.2 Å². The van der Waals surface area contributed by atoms with Gasteiger partial charge in [0.05, 0.1) is 7.11 Å². The Kier molecular flexibility index (Phi) is 5.49. The number of fused-ring (bicyclic) bond motifs is 1. The van der Waals surface area contributed by atoms with E-state index < -0.39 is 11.7 Å². The van der Waals surface area contributed by atoms with Gasteiger partial charge in [-0.3, -0.25) is 14.6 Å². The summed E-state index contributed by atoms with van der Waals surface area (Å²) in [5, 5.41) is 3.40. The lowest BCUT2D eigenvalue weighted by atomic mass is 9.98. The van der Waals surface area contributed by atoms with Crippen LogP contribution in [0.1, 0.15) is 16.1 Å². The number of carbonyl (C=O) groups excluding carboxylic acids is 1. The number of nitrogens with one attached hydrogen (secondary N) is 1. The lowest BCUT2D eigenvalue weighted by Crippen LogP contribution is -2.32. The van der Waals surface area contributed by atoms with Gasteiger partial charge in [-0.1, -0.05) is 36.4 Å². The van der Waals surface area contributed by atoms with E-state index >= 15 is 0 Å². The number of aromatic nitrogens is 2. The molecule has 2 aromatic heterocycles. The van der Waals surface area contributed by atoms with Gasteiger partial charge in [-0.15, -0.1) is 0 Å². The van der Waals surface area contributed by atoms with Gasteiger partial charge in [0.25, 0.3) is 11.5 Å². The van der Waals surface area contributed by atoms with Crippen LogP contribution in [0.4, 0.5) is 4.39 Å². The minimum Gasteiger partial charge on any atom is -0.496 e. The van der Waals surface area contributed by atoms with Crippen LogP contribution in [0.5, 0.6) is 5.75 Å². The maximum absolute atomic E-state index is 13.5. The predicted molar refractivity (Wildman–Crippen MR) is 117 cm³/mol. The molecule has 0 saturated heterocycles. The van der Waals surface area contributed by atoms with Gasteiger partial charge in [-0.25, -0.2) is 4.39 Å². The molecule has 0 aliphatic carbocycles. The summed E-state index contributed by atoms with van der Waals surface area (Å²) in [7, 11) is 3.09. The number of nitrogens with zero attached hydrogens (tertiary/aromatic N) is 2. The molecule has 4 aromatic rings. The standard InChI is InChI=1S/C24H20FN3O3/c1-28-22(23(29)27-14-16-6-3-4-8-19(16)31-2)20(15-9-11-17(25)12-10-15)18-7-5-13-26-21(18)24(28)30/h3-13H,14H2,1-2H3,(H,27,29). The van der Waals surface area contributed by atoms with E-state index in [4.69, 9.17) is 4.74 Å². The van der Waals surface area contributed by atoms with E-state index in [1.165, 1.54) is 29.9 Å². The summed E-state index contributed by atoms with van der Waals surface area (Å²) in [4.78, 5) is 30.4. The van der Waals surface area contributed by atoms with Crippen molar-refractivity contribution < 1.29 is 13.9 Å². The Balaban J connectivity index is 1.85. The molecule has 4 rings (SSSR count). The van der Waals surface area contributed by atoms with Crippen LogP contribution in [-0.4, -0.2) is 22.6 Å². The monoisotopic (exact) mass is 417 g/mol. The number of rotatable bonds is 5. The van der Waals surface area contributed by atoms with E-state index in [2.05, 4.69) is 10.3 Å². The van der Waals surface area contributed by atoms with Crippen molar-refractivity contribution in [3.05, 3.63) is 94.3 Å². The third-order valence-corrected chi connectivity index (χ3v) is 5.14. The maximum Gasteiger partial charge on any atom is 0.277 e. The first-order chi connectivity index (χ1) is 15.0. The van der Waals surface area contributed by atoms with Gasteiger partial charge >= 0.3 is 0 Å². The van der Waals surface area contributed by atoms with Crippen molar-refractivity contribution >= 4 is 16.8 Å². The normalized spacial score (nSPS) is 10.8. The third kappa shape index (κ3) is 3.77. The van der Waals surface area contributed by atoms with Gasteiger partial charge in [0.15, 0.2) is 0 Å². The first-order valence-electron chi connectivity index (χ1n) is 9.65. The second kappa shape index (κ2) is 8.39. The number of carbonyl (C=O) groups is 1. The molecule has 0 atom stereocenters. The van der Waals surface area contributed by atoms with Crippen molar-refractivity contribution in [2.24, 2.45) is 7.05 Å². The fraction of sp³-hybridized carbons (Fsp3) is 0.125. The molecule has 1 N–H and O–H groups in total. The summed E-state index contributed by atoms with van der Waals surface area (Å²) >= 11 is 0. The number of halogens is 1. The quantitative estimate of drug-likeness (QED) is 0.538. The highest BCUT2D eigenvalue weighted by molar-refractivity contribution is 6.07. The summed E-state index contributed by atoms with van der Waals surface area (Å²) in [5.74, 6) is -0.174. The number of hydrogen-bond donors (Lipinski definition) is 1. The van der Waals surface area contributed by atoms with Gasteiger partial charge in [0, 0.05) is 36.3 Å². The summed E-state index contributed by atoms with van der Waals surface area (Å²) in [6.45, 7) is 0.213. The second-order valence-electron chi connectivity index (χ2n) is 6.99. The number of amides is 1. The van der Waals surface area contributed by atoms with Crippen LogP contribution in [0.25, 0.3) is 22.0 Å². The molecule has 0 spiro atoms. The molecule has 0 aliphatic heterocycles. The molecule has 0 aliphatic rings. The number of para-hydroxylation sites is 1. The molecule has 1 amide bonds. The van der Waals surface area contributed by atoms with Crippen molar-refractivity contribution in [3.63, 3.8) is 0 Å². The van der Waals surface area contributed by atoms with Crippen LogP contribution >= 0.6 is 0 Å². The summed E-state index contributed by atoms with van der Waals surface area (Å²) in [6.07, 6.45) is 1.53. The molecule has 0 fully saturated rings. The van der Waals surface area contributed by atoms with Gasteiger partial charge in [0.1, 0.15) is 22.8 Å². The van der Waals surface area contributed by atoms with Crippen LogP contribution < -0.4 is 15.6 Å². The molecule has 156 valence electrons. The Labute approximate surface area is 177 Å². The number of ether oxygens (including phenoxy) is 1. The van der Waals surface area contributed by atoms with E-state index in [0.717, 1.165) is 5.56 Å². The average molecular weight is 417 g/mol. The van der Waals surface area contributed by atoms with E-state index in [1.807, 2.05) is 24.3 Å². The Hall–Kier alpha value is -4.00. The summed E-state index contributed by atoms with van der Waals surface area (Å²) in [6, 6.07) is 16.6. The van der Waals surface area contributed by atoms with Gasteiger partial charge in [0.2, 0.25) is 0 Å². The average Bonchev–Trinajstić information content (AvgIpc) is 2.80. The zero-order valence-electron chi connectivity index (χ0n) is 17.1. The Bertz CT molecular complexity index is 1330. The molecule has 6 nitrogen and oxygen atoms in total. The molecule has 0 unspecified atom stereocenters. The first-order valence-corrected chi connectivity index (χ1v) is 9.65. The summed E-state index contributed by atoms with van der Waals surface area (Å²) < 4.78 is 20.2. The lowest BCUT2D eigenvalue weighted by Gasteiger charge is -2.17. The van der Waals surface area contributed by atoms with Gasteiger partial charge in [-0.2, -0.15) is 0 Å². The highest BCUT2D eigenvalue weighted by atomic mass is 19.1. The SMILES string of the molecule is COc1ccccc1CNC(=O)c1c(-c2ccc(F)cc2)c2cccnc2c(=O)n1C. The van der Waals surface area contributed by atoms with Crippen molar-refractivity contribution in [2.75, 3.05) is 7.11 Å². The fourth-order valence-corrected chi connectivity index (χ4v) is 3.62. The predicted octanol–water partition coefficient (Wildman–Crippen LogP) is 3.68. The molecule has 31 heavy (non-hydrogen) atoms. The molecule has 0 radical (unpaired) electrons. The zero-order chi connectivity index (χ0) is 22.0. The second-order valence-corrected chi connectivity index (χ2v) is 6.99.